The van der Waals surface area contributed by atoms with E-state index in [1.165, 1.54) is 5.56 Å². The Balaban J connectivity index is 1.98. The molecule has 0 aromatic heterocycles. The minimum atomic E-state index is 0.646. The number of ether oxygens (including phenoxy) is 1. The Bertz CT molecular complexity index is 540. The summed E-state index contributed by atoms with van der Waals surface area (Å²) in [7, 11) is 0. The van der Waals surface area contributed by atoms with E-state index < -0.39 is 0 Å². The van der Waals surface area contributed by atoms with Gasteiger partial charge in [0.05, 0.1) is 6.61 Å². The van der Waals surface area contributed by atoms with Gasteiger partial charge in [-0.05, 0) is 54.8 Å². The third-order valence-electron chi connectivity index (χ3n) is 3.04. The van der Waals surface area contributed by atoms with Gasteiger partial charge in [-0.3, -0.25) is 0 Å². The topological polar surface area (TPSA) is 35.2 Å². The fourth-order valence-electron chi connectivity index (χ4n) is 2.08. The molecule has 2 nitrogen and oxygen atoms in total. The summed E-state index contributed by atoms with van der Waals surface area (Å²) in [6.45, 7) is 4.67. The smallest absolute Gasteiger partial charge is 0.125 e. The minimum absolute atomic E-state index is 0.646. The number of nitrogens with two attached hydrogens (primary N) is 1. The van der Waals surface area contributed by atoms with Crippen LogP contribution >= 0.6 is 11.6 Å². The SMILES string of the molecule is Cc1cc(Cl)cc(C)c1OCCc1ccc(N)cc1. The van der Waals surface area contributed by atoms with Crippen LogP contribution in [0.5, 0.6) is 5.75 Å². The van der Waals surface area contributed by atoms with Crippen LogP contribution < -0.4 is 10.5 Å². The summed E-state index contributed by atoms with van der Waals surface area (Å²) in [5, 5.41) is 0.751. The Labute approximate surface area is 119 Å². The molecule has 2 aromatic rings. The molecule has 0 aliphatic carbocycles. The van der Waals surface area contributed by atoms with Crippen molar-refractivity contribution in [2.24, 2.45) is 0 Å². The summed E-state index contributed by atoms with van der Waals surface area (Å²) < 4.78 is 5.87. The van der Waals surface area contributed by atoms with Gasteiger partial charge in [-0.15, -0.1) is 0 Å². The highest BCUT2D eigenvalue weighted by molar-refractivity contribution is 6.30. The second-order valence-electron chi connectivity index (χ2n) is 4.71. The number of hydrogen-bond donors (Lipinski definition) is 1. The lowest BCUT2D eigenvalue weighted by Gasteiger charge is -2.12. The lowest BCUT2D eigenvalue weighted by Crippen LogP contribution is -2.04. The predicted molar refractivity (Wildman–Crippen MR) is 81.0 cm³/mol. The molecule has 2 aromatic carbocycles. The van der Waals surface area contributed by atoms with Crippen LogP contribution in [0.3, 0.4) is 0 Å². The minimum Gasteiger partial charge on any atom is -0.493 e. The third kappa shape index (κ3) is 3.65. The highest BCUT2D eigenvalue weighted by atomic mass is 35.5. The van der Waals surface area contributed by atoms with Crippen molar-refractivity contribution in [3.05, 3.63) is 58.1 Å². The first-order valence-corrected chi connectivity index (χ1v) is 6.68. The quantitative estimate of drug-likeness (QED) is 0.851. The van der Waals surface area contributed by atoms with Crippen LogP contribution in [0.1, 0.15) is 16.7 Å². The molecule has 0 saturated heterocycles. The van der Waals surface area contributed by atoms with Crippen molar-refractivity contribution in [2.75, 3.05) is 12.3 Å². The molecule has 0 bridgehead atoms. The van der Waals surface area contributed by atoms with Crippen molar-refractivity contribution in [2.45, 2.75) is 20.3 Å². The van der Waals surface area contributed by atoms with Gasteiger partial charge in [0.15, 0.2) is 0 Å². The summed E-state index contributed by atoms with van der Waals surface area (Å²) >= 11 is 6.00. The van der Waals surface area contributed by atoms with Crippen LogP contribution in [0, 0.1) is 13.8 Å². The average molecular weight is 276 g/mol. The summed E-state index contributed by atoms with van der Waals surface area (Å²) in [6, 6.07) is 11.7. The average Bonchev–Trinajstić information content (AvgIpc) is 2.34. The maximum atomic E-state index is 6.00. The van der Waals surface area contributed by atoms with E-state index in [2.05, 4.69) is 0 Å². The number of halogens is 1. The predicted octanol–water partition coefficient (Wildman–Crippen LogP) is 4.16. The maximum Gasteiger partial charge on any atom is 0.125 e. The molecule has 0 saturated carbocycles. The molecule has 2 rings (SSSR count). The van der Waals surface area contributed by atoms with Crippen LogP contribution in [-0.2, 0) is 6.42 Å². The maximum absolute atomic E-state index is 6.00. The zero-order valence-corrected chi connectivity index (χ0v) is 12.0. The molecule has 0 unspecified atom stereocenters. The van der Waals surface area contributed by atoms with Gasteiger partial charge < -0.3 is 10.5 Å². The largest absolute Gasteiger partial charge is 0.493 e. The van der Waals surface area contributed by atoms with Gasteiger partial charge in [0.1, 0.15) is 5.75 Å². The third-order valence-corrected chi connectivity index (χ3v) is 3.26. The number of rotatable bonds is 4. The number of hydrogen-bond acceptors (Lipinski definition) is 2. The molecule has 0 heterocycles. The number of benzene rings is 2. The van der Waals surface area contributed by atoms with Gasteiger partial charge in [0, 0.05) is 17.1 Å². The van der Waals surface area contributed by atoms with Crippen molar-refractivity contribution in [3.63, 3.8) is 0 Å². The van der Waals surface area contributed by atoms with Crippen LogP contribution in [0.25, 0.3) is 0 Å². The Hall–Kier alpha value is -1.67. The van der Waals surface area contributed by atoms with Gasteiger partial charge in [0.25, 0.3) is 0 Å². The Morgan fingerprint density at radius 2 is 1.63 bits per heavy atom. The lowest BCUT2D eigenvalue weighted by atomic mass is 10.1. The molecule has 0 fully saturated rings. The van der Waals surface area contributed by atoms with Crippen molar-refractivity contribution in [3.8, 4) is 5.75 Å². The molecule has 0 aliphatic heterocycles. The molecule has 3 heteroatoms. The van der Waals surface area contributed by atoms with E-state index in [1.807, 2.05) is 50.2 Å². The fourth-order valence-corrected chi connectivity index (χ4v) is 2.41. The Kier molecular flexibility index (Phi) is 4.33. The zero-order valence-electron chi connectivity index (χ0n) is 11.2. The van der Waals surface area contributed by atoms with Gasteiger partial charge in [0.2, 0.25) is 0 Å². The summed E-state index contributed by atoms with van der Waals surface area (Å²) in [5.41, 5.74) is 9.81. The molecular formula is C16H18ClNO. The van der Waals surface area contributed by atoms with Gasteiger partial charge in [-0.2, -0.15) is 0 Å². The highest BCUT2D eigenvalue weighted by Crippen LogP contribution is 2.27. The number of aryl methyl sites for hydroxylation is 2. The zero-order chi connectivity index (χ0) is 13.8. The normalized spacial score (nSPS) is 10.5. The Morgan fingerprint density at radius 1 is 1.05 bits per heavy atom. The van der Waals surface area contributed by atoms with Crippen LogP contribution in [0.2, 0.25) is 5.02 Å². The first kappa shape index (κ1) is 13.8. The standard InChI is InChI=1S/C16H18ClNO/c1-11-9-14(17)10-12(2)16(11)19-8-7-13-3-5-15(18)6-4-13/h3-6,9-10H,7-8,18H2,1-2H3. The van der Waals surface area contributed by atoms with Crippen LogP contribution in [-0.4, -0.2) is 6.61 Å². The monoisotopic (exact) mass is 275 g/mol. The van der Waals surface area contributed by atoms with E-state index >= 15 is 0 Å². The molecule has 0 amide bonds. The van der Waals surface area contributed by atoms with Gasteiger partial charge in [-0.1, -0.05) is 23.7 Å². The van der Waals surface area contributed by atoms with Crippen molar-refractivity contribution < 1.29 is 4.74 Å². The molecule has 100 valence electrons. The van der Waals surface area contributed by atoms with E-state index in [4.69, 9.17) is 22.1 Å². The highest BCUT2D eigenvalue weighted by Gasteiger charge is 2.05. The van der Waals surface area contributed by atoms with E-state index in [-0.39, 0.29) is 0 Å². The van der Waals surface area contributed by atoms with E-state index in [1.54, 1.807) is 0 Å². The van der Waals surface area contributed by atoms with Crippen molar-refractivity contribution in [1.29, 1.82) is 0 Å². The summed E-state index contributed by atoms with van der Waals surface area (Å²) in [5.74, 6) is 0.930. The Morgan fingerprint density at radius 3 is 2.21 bits per heavy atom. The van der Waals surface area contributed by atoms with Crippen molar-refractivity contribution >= 4 is 17.3 Å². The number of nitrogen functional groups attached to an aromatic ring is 1. The fraction of sp³-hybridized carbons (Fsp3) is 0.250. The van der Waals surface area contributed by atoms with E-state index in [9.17, 15) is 0 Å². The van der Waals surface area contributed by atoms with Crippen molar-refractivity contribution in [1.82, 2.24) is 0 Å². The lowest BCUT2D eigenvalue weighted by molar-refractivity contribution is 0.317. The summed E-state index contributed by atoms with van der Waals surface area (Å²) in [6.07, 6.45) is 0.863. The van der Waals surface area contributed by atoms with E-state index in [0.29, 0.717) is 6.61 Å². The molecule has 19 heavy (non-hydrogen) atoms. The molecule has 0 radical (unpaired) electrons. The van der Waals surface area contributed by atoms with Crippen LogP contribution in [0.4, 0.5) is 5.69 Å². The first-order chi connectivity index (χ1) is 9.06. The molecule has 2 N–H and O–H groups in total. The molecule has 0 spiro atoms. The second-order valence-corrected chi connectivity index (χ2v) is 5.15. The van der Waals surface area contributed by atoms with E-state index in [0.717, 1.165) is 34.0 Å². The number of anilines is 1. The summed E-state index contributed by atoms with van der Waals surface area (Å²) in [4.78, 5) is 0. The first-order valence-electron chi connectivity index (χ1n) is 6.30. The van der Waals surface area contributed by atoms with Crippen LogP contribution in [0.15, 0.2) is 36.4 Å². The van der Waals surface area contributed by atoms with Gasteiger partial charge >= 0.3 is 0 Å². The second kappa shape index (κ2) is 5.98. The molecule has 0 aliphatic rings. The van der Waals surface area contributed by atoms with Gasteiger partial charge in [-0.25, -0.2) is 0 Å². The molecule has 0 atom stereocenters. The molecular weight excluding hydrogens is 258 g/mol.